The van der Waals surface area contributed by atoms with Crippen molar-refractivity contribution in [2.75, 3.05) is 52.9 Å². The zero-order valence-electron chi connectivity index (χ0n) is 15.5. The molecule has 0 bridgehead atoms. The number of likely N-dealkylation sites (tertiary alicyclic amines) is 1. The van der Waals surface area contributed by atoms with E-state index in [0.29, 0.717) is 6.04 Å². The predicted octanol–water partition coefficient (Wildman–Crippen LogP) is 0.889. The van der Waals surface area contributed by atoms with E-state index in [1.54, 1.807) is 0 Å². The second-order valence-electron chi connectivity index (χ2n) is 7.54. The lowest BCUT2D eigenvalue weighted by Gasteiger charge is -2.29. The molecule has 3 rings (SSSR count). The highest BCUT2D eigenvalue weighted by Crippen LogP contribution is 2.26. The van der Waals surface area contributed by atoms with Crippen LogP contribution >= 0.6 is 0 Å². The molecule has 2 heterocycles. The number of hydrogen-bond acceptors (Lipinski definition) is 4. The Labute approximate surface area is 147 Å². The third-order valence-electron chi connectivity index (χ3n) is 5.54. The SMILES string of the molecule is CCNC(=NCC1CN(C)CCO1)NC1CCN(C2CCCC2)C1. The quantitative estimate of drug-likeness (QED) is 0.576. The standard InChI is InChI=1S/C18H35N5O/c1-3-19-18(20-12-17-14-22(2)10-11-24-17)21-15-8-9-23(13-15)16-6-4-5-7-16/h15-17H,3-14H2,1-2H3,(H2,19,20,21). The van der Waals surface area contributed by atoms with Crippen LogP contribution in [-0.4, -0.2) is 86.9 Å². The summed E-state index contributed by atoms with van der Waals surface area (Å²) in [6.07, 6.45) is 7.07. The van der Waals surface area contributed by atoms with E-state index < -0.39 is 0 Å². The Morgan fingerprint density at radius 3 is 2.75 bits per heavy atom. The van der Waals surface area contributed by atoms with Crippen molar-refractivity contribution in [3.8, 4) is 0 Å². The van der Waals surface area contributed by atoms with Crippen molar-refractivity contribution in [1.29, 1.82) is 0 Å². The second-order valence-corrected chi connectivity index (χ2v) is 7.54. The van der Waals surface area contributed by atoms with Gasteiger partial charge in [-0.05, 0) is 33.2 Å². The third-order valence-corrected chi connectivity index (χ3v) is 5.54. The molecular weight excluding hydrogens is 302 g/mol. The minimum Gasteiger partial charge on any atom is -0.374 e. The average Bonchev–Trinajstić information content (AvgIpc) is 3.24. The molecule has 0 aromatic heterocycles. The minimum absolute atomic E-state index is 0.220. The Morgan fingerprint density at radius 2 is 2.00 bits per heavy atom. The number of likely N-dealkylation sites (N-methyl/N-ethyl adjacent to an activating group) is 1. The summed E-state index contributed by atoms with van der Waals surface area (Å²) < 4.78 is 5.82. The van der Waals surface area contributed by atoms with Gasteiger partial charge < -0.3 is 20.3 Å². The lowest BCUT2D eigenvalue weighted by Crippen LogP contribution is -2.46. The molecule has 2 unspecified atom stereocenters. The van der Waals surface area contributed by atoms with Gasteiger partial charge in [0.2, 0.25) is 0 Å². The van der Waals surface area contributed by atoms with E-state index >= 15 is 0 Å². The minimum atomic E-state index is 0.220. The molecule has 2 saturated heterocycles. The lowest BCUT2D eigenvalue weighted by molar-refractivity contribution is -0.0136. The fourth-order valence-corrected chi connectivity index (χ4v) is 4.19. The van der Waals surface area contributed by atoms with Crippen LogP contribution in [0.2, 0.25) is 0 Å². The van der Waals surface area contributed by atoms with Crippen molar-refractivity contribution in [3.63, 3.8) is 0 Å². The van der Waals surface area contributed by atoms with E-state index in [9.17, 15) is 0 Å². The van der Waals surface area contributed by atoms with Crippen LogP contribution in [-0.2, 0) is 4.74 Å². The van der Waals surface area contributed by atoms with Crippen LogP contribution in [0.4, 0.5) is 0 Å². The monoisotopic (exact) mass is 337 g/mol. The lowest BCUT2D eigenvalue weighted by atomic mass is 10.2. The molecule has 24 heavy (non-hydrogen) atoms. The Balaban J connectivity index is 1.47. The average molecular weight is 338 g/mol. The maximum atomic E-state index is 5.82. The van der Waals surface area contributed by atoms with Gasteiger partial charge in [-0.3, -0.25) is 9.89 Å². The molecule has 1 aliphatic carbocycles. The number of nitrogens with zero attached hydrogens (tertiary/aromatic N) is 3. The summed E-state index contributed by atoms with van der Waals surface area (Å²) >= 11 is 0. The Morgan fingerprint density at radius 1 is 1.17 bits per heavy atom. The van der Waals surface area contributed by atoms with Crippen LogP contribution in [0.25, 0.3) is 0 Å². The second kappa shape index (κ2) is 9.02. The highest BCUT2D eigenvalue weighted by Gasteiger charge is 2.30. The molecule has 3 aliphatic rings. The first-order chi connectivity index (χ1) is 11.7. The van der Waals surface area contributed by atoms with Crippen molar-refractivity contribution in [1.82, 2.24) is 20.4 Å². The number of ether oxygens (including phenoxy) is 1. The van der Waals surface area contributed by atoms with Crippen molar-refractivity contribution < 1.29 is 4.74 Å². The van der Waals surface area contributed by atoms with Crippen molar-refractivity contribution >= 4 is 5.96 Å². The normalized spacial score (nSPS) is 30.8. The largest absolute Gasteiger partial charge is 0.374 e. The fraction of sp³-hybridized carbons (Fsp3) is 0.944. The van der Waals surface area contributed by atoms with Gasteiger partial charge in [-0.2, -0.15) is 0 Å². The zero-order valence-corrected chi connectivity index (χ0v) is 15.5. The van der Waals surface area contributed by atoms with Gasteiger partial charge in [-0.1, -0.05) is 12.8 Å². The van der Waals surface area contributed by atoms with Gasteiger partial charge >= 0.3 is 0 Å². The molecule has 0 radical (unpaired) electrons. The molecule has 2 N–H and O–H groups in total. The molecule has 2 aliphatic heterocycles. The first-order valence-corrected chi connectivity index (χ1v) is 9.83. The van der Waals surface area contributed by atoms with Crippen LogP contribution in [0.15, 0.2) is 4.99 Å². The highest BCUT2D eigenvalue weighted by molar-refractivity contribution is 5.80. The summed E-state index contributed by atoms with van der Waals surface area (Å²) in [6.45, 7) is 8.98. The molecule has 6 nitrogen and oxygen atoms in total. The Bertz CT molecular complexity index is 410. The third kappa shape index (κ3) is 5.07. The van der Waals surface area contributed by atoms with Crippen LogP contribution < -0.4 is 10.6 Å². The van der Waals surface area contributed by atoms with Crippen LogP contribution in [0.3, 0.4) is 0 Å². The van der Waals surface area contributed by atoms with E-state index in [1.807, 2.05) is 0 Å². The molecule has 0 aromatic carbocycles. The molecule has 0 aromatic rings. The summed E-state index contributed by atoms with van der Waals surface area (Å²) in [5.41, 5.74) is 0. The maximum Gasteiger partial charge on any atom is 0.191 e. The van der Waals surface area contributed by atoms with Gasteiger partial charge in [0.1, 0.15) is 0 Å². The zero-order chi connectivity index (χ0) is 16.8. The van der Waals surface area contributed by atoms with E-state index in [2.05, 4.69) is 34.4 Å². The van der Waals surface area contributed by atoms with Crippen molar-refractivity contribution in [2.24, 2.45) is 4.99 Å². The number of nitrogens with one attached hydrogen (secondary N) is 2. The molecule has 0 amide bonds. The van der Waals surface area contributed by atoms with Gasteiger partial charge in [0.25, 0.3) is 0 Å². The maximum absolute atomic E-state index is 5.82. The Kier molecular flexibility index (Phi) is 6.75. The number of morpholine rings is 1. The molecule has 6 heteroatoms. The van der Waals surface area contributed by atoms with Crippen LogP contribution in [0.1, 0.15) is 39.0 Å². The van der Waals surface area contributed by atoms with Crippen LogP contribution in [0.5, 0.6) is 0 Å². The molecule has 0 spiro atoms. The van der Waals surface area contributed by atoms with Gasteiger partial charge in [-0.25, -0.2) is 0 Å². The fourth-order valence-electron chi connectivity index (χ4n) is 4.19. The molecular formula is C18H35N5O. The number of hydrogen-bond donors (Lipinski definition) is 2. The van der Waals surface area contributed by atoms with Gasteiger partial charge in [-0.15, -0.1) is 0 Å². The van der Waals surface area contributed by atoms with E-state index in [0.717, 1.165) is 51.3 Å². The summed E-state index contributed by atoms with van der Waals surface area (Å²) in [5, 5.41) is 7.05. The van der Waals surface area contributed by atoms with Crippen molar-refractivity contribution in [3.05, 3.63) is 0 Å². The topological polar surface area (TPSA) is 52.1 Å². The first-order valence-electron chi connectivity index (χ1n) is 9.83. The van der Waals surface area contributed by atoms with Crippen molar-refractivity contribution in [2.45, 2.75) is 57.2 Å². The number of aliphatic imine (C=N–C) groups is 1. The molecule has 2 atom stereocenters. The predicted molar refractivity (Wildman–Crippen MR) is 98.6 cm³/mol. The number of guanidine groups is 1. The van der Waals surface area contributed by atoms with Crippen LogP contribution in [0, 0.1) is 0 Å². The summed E-state index contributed by atoms with van der Waals surface area (Å²) in [5.74, 6) is 0.951. The summed E-state index contributed by atoms with van der Waals surface area (Å²) in [4.78, 5) is 9.79. The summed E-state index contributed by atoms with van der Waals surface area (Å²) in [6, 6.07) is 1.36. The smallest absolute Gasteiger partial charge is 0.191 e. The molecule has 3 fully saturated rings. The summed E-state index contributed by atoms with van der Waals surface area (Å²) in [7, 11) is 2.15. The van der Waals surface area contributed by atoms with Gasteiger partial charge in [0.15, 0.2) is 5.96 Å². The van der Waals surface area contributed by atoms with E-state index in [4.69, 9.17) is 9.73 Å². The first kappa shape index (κ1) is 18.0. The molecule has 1 saturated carbocycles. The van der Waals surface area contributed by atoms with Gasteiger partial charge in [0.05, 0.1) is 19.3 Å². The highest BCUT2D eigenvalue weighted by atomic mass is 16.5. The van der Waals surface area contributed by atoms with E-state index in [-0.39, 0.29) is 6.10 Å². The molecule has 138 valence electrons. The Hall–Kier alpha value is -0.850. The van der Waals surface area contributed by atoms with E-state index in [1.165, 1.54) is 38.6 Å². The number of rotatable bonds is 5. The van der Waals surface area contributed by atoms with Gasteiger partial charge in [0, 0.05) is 44.8 Å².